The molecule has 6 nitrogen and oxygen atoms in total. The third kappa shape index (κ3) is 2.16. The maximum atomic E-state index is 12.2. The van der Waals surface area contributed by atoms with E-state index in [1.807, 2.05) is 0 Å². The summed E-state index contributed by atoms with van der Waals surface area (Å²) in [4.78, 5) is 36.3. The van der Waals surface area contributed by atoms with E-state index in [4.69, 9.17) is 0 Å². The van der Waals surface area contributed by atoms with E-state index in [2.05, 4.69) is 18.5 Å². The third-order valence-electron chi connectivity index (χ3n) is 3.28. The first-order chi connectivity index (χ1) is 8.95. The van der Waals surface area contributed by atoms with Gasteiger partial charge in [0.05, 0.1) is 6.54 Å². The molecule has 2 rings (SSSR count). The fourth-order valence-corrected chi connectivity index (χ4v) is 2.30. The number of rotatable bonds is 3. The van der Waals surface area contributed by atoms with Crippen molar-refractivity contribution in [2.24, 2.45) is 0 Å². The quantitative estimate of drug-likeness (QED) is 0.561. The van der Waals surface area contributed by atoms with Gasteiger partial charge in [0.15, 0.2) is 0 Å². The van der Waals surface area contributed by atoms with Crippen LogP contribution in [0.2, 0.25) is 0 Å². The Kier molecular flexibility index (Phi) is 3.25. The summed E-state index contributed by atoms with van der Waals surface area (Å²) < 4.78 is 0. The Balaban J connectivity index is 2.24. The van der Waals surface area contributed by atoms with Gasteiger partial charge < -0.3 is 10.0 Å². The number of piperidine rings is 1. The molecule has 0 aromatic heterocycles. The second-order valence-electron chi connectivity index (χ2n) is 4.44. The van der Waals surface area contributed by atoms with Crippen molar-refractivity contribution >= 4 is 17.7 Å². The number of hydrogen-bond donors (Lipinski definition) is 2. The lowest BCUT2D eigenvalue weighted by Crippen LogP contribution is -2.53. The lowest BCUT2D eigenvalue weighted by atomic mass is 10.0. The minimum Gasteiger partial charge on any atom is -0.508 e. The van der Waals surface area contributed by atoms with E-state index in [1.165, 1.54) is 11.0 Å². The summed E-state index contributed by atoms with van der Waals surface area (Å²) in [5.74, 6) is -1.41. The van der Waals surface area contributed by atoms with E-state index >= 15 is 0 Å². The molecule has 0 saturated carbocycles. The molecule has 2 aliphatic rings. The molecule has 2 aliphatic heterocycles. The minimum atomic E-state index is -0.697. The van der Waals surface area contributed by atoms with Gasteiger partial charge in [-0.2, -0.15) is 0 Å². The van der Waals surface area contributed by atoms with E-state index in [9.17, 15) is 19.5 Å². The molecule has 1 saturated heterocycles. The van der Waals surface area contributed by atoms with Gasteiger partial charge in [0.1, 0.15) is 11.8 Å². The predicted octanol–water partition coefficient (Wildman–Crippen LogP) is 0.188. The summed E-state index contributed by atoms with van der Waals surface area (Å²) in [7, 11) is 0. The topological polar surface area (TPSA) is 86.7 Å². The number of imide groups is 1. The van der Waals surface area contributed by atoms with Crippen molar-refractivity contribution in [2.75, 3.05) is 6.54 Å². The Morgan fingerprint density at radius 2 is 2.11 bits per heavy atom. The van der Waals surface area contributed by atoms with Crippen LogP contribution in [0, 0.1) is 0 Å². The zero-order valence-electron chi connectivity index (χ0n) is 10.3. The first kappa shape index (κ1) is 13.1. The molecule has 1 atom stereocenters. The van der Waals surface area contributed by atoms with Gasteiger partial charge in [-0.3, -0.25) is 19.7 Å². The number of nitrogens with zero attached hydrogens (tertiary/aromatic N) is 1. The molecule has 1 unspecified atom stereocenters. The van der Waals surface area contributed by atoms with Gasteiger partial charge in [-0.05, 0) is 6.42 Å². The number of carbonyl (C=O) groups is 3. The Labute approximate surface area is 110 Å². The first-order valence-corrected chi connectivity index (χ1v) is 5.84. The monoisotopic (exact) mass is 262 g/mol. The highest BCUT2D eigenvalue weighted by atomic mass is 16.3. The van der Waals surface area contributed by atoms with E-state index in [-0.39, 0.29) is 42.5 Å². The molecular formula is C13H14N2O4. The Bertz CT molecular complexity index is 533. The molecule has 100 valence electrons. The van der Waals surface area contributed by atoms with Crippen LogP contribution in [0.3, 0.4) is 0 Å². The summed E-state index contributed by atoms with van der Waals surface area (Å²) >= 11 is 0. The van der Waals surface area contributed by atoms with Crippen LogP contribution in [0.5, 0.6) is 0 Å². The fourth-order valence-electron chi connectivity index (χ4n) is 2.30. The smallest absolute Gasteiger partial charge is 0.255 e. The van der Waals surface area contributed by atoms with Crippen molar-refractivity contribution in [1.82, 2.24) is 10.2 Å². The molecule has 19 heavy (non-hydrogen) atoms. The molecular weight excluding hydrogens is 248 g/mol. The number of aliphatic hydroxyl groups is 1. The van der Waals surface area contributed by atoms with Gasteiger partial charge in [-0.25, -0.2) is 0 Å². The molecule has 0 spiro atoms. The number of amides is 3. The van der Waals surface area contributed by atoms with Crippen molar-refractivity contribution in [3.8, 4) is 0 Å². The SMILES string of the molecule is C=CC1=C(C(=C)O)CN(C2CCC(=O)NC2=O)C1=O. The summed E-state index contributed by atoms with van der Waals surface area (Å²) in [5, 5.41) is 11.7. The van der Waals surface area contributed by atoms with Crippen LogP contribution in [0.15, 0.2) is 36.1 Å². The summed E-state index contributed by atoms with van der Waals surface area (Å²) in [6.07, 6.45) is 1.82. The second kappa shape index (κ2) is 4.72. The van der Waals surface area contributed by atoms with Crippen molar-refractivity contribution in [3.63, 3.8) is 0 Å². The van der Waals surface area contributed by atoms with E-state index in [0.717, 1.165) is 0 Å². The molecule has 2 N–H and O–H groups in total. The molecule has 0 bridgehead atoms. The van der Waals surface area contributed by atoms with Gasteiger partial charge in [0.2, 0.25) is 11.8 Å². The van der Waals surface area contributed by atoms with E-state index < -0.39 is 11.9 Å². The largest absolute Gasteiger partial charge is 0.508 e. The molecule has 0 aromatic rings. The molecule has 3 amide bonds. The maximum Gasteiger partial charge on any atom is 0.255 e. The lowest BCUT2D eigenvalue weighted by molar-refractivity contribution is -0.142. The van der Waals surface area contributed by atoms with Gasteiger partial charge in [-0.1, -0.05) is 19.2 Å². The van der Waals surface area contributed by atoms with Crippen LogP contribution >= 0.6 is 0 Å². The summed E-state index contributed by atoms with van der Waals surface area (Å²) in [6, 6.07) is -0.697. The highest BCUT2D eigenvalue weighted by Crippen LogP contribution is 2.27. The van der Waals surface area contributed by atoms with E-state index in [1.54, 1.807) is 0 Å². The minimum absolute atomic E-state index is 0.0990. The number of carbonyl (C=O) groups excluding carboxylic acids is 3. The number of nitrogens with one attached hydrogen (secondary N) is 1. The Morgan fingerprint density at radius 1 is 1.42 bits per heavy atom. The first-order valence-electron chi connectivity index (χ1n) is 5.84. The molecule has 2 heterocycles. The highest BCUT2D eigenvalue weighted by Gasteiger charge is 2.40. The van der Waals surface area contributed by atoms with Crippen LogP contribution in [0.4, 0.5) is 0 Å². The standard InChI is InChI=1S/C13H14N2O4/c1-3-8-9(7(2)16)6-15(13(8)19)10-4-5-11(17)14-12(10)18/h3,10,16H,1-2,4-6H2,(H,14,17,18). The molecule has 0 aromatic carbocycles. The van der Waals surface area contributed by atoms with Crippen molar-refractivity contribution < 1.29 is 19.5 Å². The van der Waals surface area contributed by atoms with Gasteiger partial charge in [-0.15, -0.1) is 0 Å². The van der Waals surface area contributed by atoms with Crippen LogP contribution in [0.1, 0.15) is 12.8 Å². The highest BCUT2D eigenvalue weighted by molar-refractivity contribution is 6.06. The van der Waals surface area contributed by atoms with Crippen LogP contribution in [-0.2, 0) is 14.4 Å². The zero-order chi connectivity index (χ0) is 14.2. The number of aliphatic hydroxyl groups excluding tert-OH is 1. The second-order valence-corrected chi connectivity index (χ2v) is 4.44. The Morgan fingerprint density at radius 3 is 2.58 bits per heavy atom. The van der Waals surface area contributed by atoms with Gasteiger partial charge >= 0.3 is 0 Å². The Hall–Kier alpha value is -2.37. The average Bonchev–Trinajstić information content (AvgIpc) is 2.66. The van der Waals surface area contributed by atoms with Crippen molar-refractivity contribution in [2.45, 2.75) is 18.9 Å². The lowest BCUT2D eigenvalue weighted by Gasteiger charge is -2.29. The number of hydrogen-bond acceptors (Lipinski definition) is 4. The normalized spacial score (nSPS) is 23.7. The average molecular weight is 262 g/mol. The molecule has 1 fully saturated rings. The zero-order valence-corrected chi connectivity index (χ0v) is 10.3. The van der Waals surface area contributed by atoms with Gasteiger partial charge in [0, 0.05) is 17.6 Å². The van der Waals surface area contributed by atoms with Crippen molar-refractivity contribution in [1.29, 1.82) is 0 Å². The third-order valence-corrected chi connectivity index (χ3v) is 3.28. The summed E-state index contributed by atoms with van der Waals surface area (Å²) in [5.41, 5.74) is 0.613. The van der Waals surface area contributed by atoms with Gasteiger partial charge in [0.25, 0.3) is 5.91 Å². The molecule has 0 aliphatic carbocycles. The molecule has 6 heteroatoms. The maximum absolute atomic E-state index is 12.2. The molecule has 0 radical (unpaired) electrons. The van der Waals surface area contributed by atoms with Crippen molar-refractivity contribution in [3.05, 3.63) is 36.1 Å². The summed E-state index contributed by atoms with van der Waals surface area (Å²) in [6.45, 7) is 7.02. The van der Waals surface area contributed by atoms with Crippen LogP contribution < -0.4 is 5.32 Å². The van der Waals surface area contributed by atoms with E-state index in [0.29, 0.717) is 5.57 Å². The predicted molar refractivity (Wildman–Crippen MR) is 66.9 cm³/mol. The van der Waals surface area contributed by atoms with Crippen LogP contribution in [-0.4, -0.2) is 40.3 Å². The van der Waals surface area contributed by atoms with Crippen LogP contribution in [0.25, 0.3) is 0 Å². The fraction of sp³-hybridized carbons (Fsp3) is 0.308.